The van der Waals surface area contributed by atoms with Gasteiger partial charge in [-0.05, 0) is 44.4 Å². The summed E-state index contributed by atoms with van der Waals surface area (Å²) in [7, 11) is 0. The Kier molecular flexibility index (Phi) is 5.50. The van der Waals surface area contributed by atoms with Gasteiger partial charge in [0, 0.05) is 18.6 Å². The molecule has 17 heavy (non-hydrogen) atoms. The van der Waals surface area contributed by atoms with Crippen molar-refractivity contribution in [2.45, 2.75) is 72.8 Å². The first-order valence-corrected chi connectivity index (χ1v) is 7.65. The molecule has 0 spiro atoms. The lowest BCUT2D eigenvalue weighted by molar-refractivity contribution is -0.0252. The van der Waals surface area contributed by atoms with Crippen molar-refractivity contribution in [3.63, 3.8) is 0 Å². The molecule has 2 unspecified atom stereocenters. The van der Waals surface area contributed by atoms with Crippen LogP contribution in [0.5, 0.6) is 0 Å². The molecule has 1 heterocycles. The molecule has 102 valence electrons. The summed E-state index contributed by atoms with van der Waals surface area (Å²) in [4.78, 5) is 2.70. The average Bonchev–Trinajstić information content (AvgIpc) is 2.23. The molecule has 0 radical (unpaired) electrons. The smallest absolute Gasteiger partial charge is 0.0153 e. The number of hydrogen-bond donors (Lipinski definition) is 0. The minimum Gasteiger partial charge on any atom is -0.298 e. The molecule has 0 aromatic rings. The molecule has 0 aliphatic carbocycles. The zero-order chi connectivity index (χ0) is 13.1. The van der Waals surface area contributed by atoms with Gasteiger partial charge in [0.2, 0.25) is 0 Å². The number of likely N-dealkylation sites (tertiary alicyclic amines) is 1. The van der Waals surface area contributed by atoms with Crippen molar-refractivity contribution in [2.75, 3.05) is 13.1 Å². The second-order valence-corrected chi connectivity index (χ2v) is 6.92. The van der Waals surface area contributed by atoms with Crippen LogP contribution >= 0.6 is 0 Å². The first kappa shape index (κ1) is 15.0. The molecule has 0 amide bonds. The Morgan fingerprint density at radius 3 is 2.18 bits per heavy atom. The molecule has 0 aromatic carbocycles. The Hall–Kier alpha value is -0.0400. The standard InChI is InChI=1S/C16H33N/c1-7-13(3)9-10-16(5,6)17-11-15(12-17)14(4)8-2/h13-15H,7-12H2,1-6H3. The van der Waals surface area contributed by atoms with Gasteiger partial charge in [-0.15, -0.1) is 0 Å². The van der Waals surface area contributed by atoms with Crippen LogP contribution in [-0.4, -0.2) is 23.5 Å². The normalized spacial score (nSPS) is 22.2. The van der Waals surface area contributed by atoms with Crippen LogP contribution in [0.3, 0.4) is 0 Å². The summed E-state index contributed by atoms with van der Waals surface area (Å²) in [5, 5.41) is 0. The molecule has 0 aromatic heterocycles. The Labute approximate surface area is 109 Å². The lowest BCUT2D eigenvalue weighted by atomic mass is 9.80. The van der Waals surface area contributed by atoms with Gasteiger partial charge < -0.3 is 0 Å². The van der Waals surface area contributed by atoms with Crippen LogP contribution in [0.15, 0.2) is 0 Å². The van der Waals surface area contributed by atoms with Crippen LogP contribution in [0.1, 0.15) is 67.2 Å². The summed E-state index contributed by atoms with van der Waals surface area (Å²) in [6.07, 6.45) is 5.40. The van der Waals surface area contributed by atoms with E-state index >= 15 is 0 Å². The van der Waals surface area contributed by atoms with Crippen molar-refractivity contribution < 1.29 is 0 Å². The molecule has 1 aliphatic heterocycles. The number of hydrogen-bond acceptors (Lipinski definition) is 1. The molecule has 0 N–H and O–H groups in total. The maximum Gasteiger partial charge on any atom is 0.0153 e. The highest BCUT2D eigenvalue weighted by Crippen LogP contribution is 2.34. The van der Waals surface area contributed by atoms with Gasteiger partial charge in [-0.2, -0.15) is 0 Å². The molecule has 1 saturated heterocycles. The Morgan fingerprint density at radius 2 is 1.71 bits per heavy atom. The van der Waals surface area contributed by atoms with Crippen LogP contribution in [0.2, 0.25) is 0 Å². The molecule has 1 fully saturated rings. The van der Waals surface area contributed by atoms with E-state index in [0.717, 1.165) is 17.8 Å². The van der Waals surface area contributed by atoms with Gasteiger partial charge >= 0.3 is 0 Å². The summed E-state index contributed by atoms with van der Waals surface area (Å²) < 4.78 is 0. The minimum absolute atomic E-state index is 0.424. The van der Waals surface area contributed by atoms with Crippen molar-refractivity contribution in [3.05, 3.63) is 0 Å². The van der Waals surface area contributed by atoms with E-state index in [2.05, 4.69) is 46.4 Å². The third kappa shape index (κ3) is 3.98. The van der Waals surface area contributed by atoms with Crippen LogP contribution in [0.25, 0.3) is 0 Å². The number of nitrogens with zero attached hydrogens (tertiary/aromatic N) is 1. The van der Waals surface area contributed by atoms with E-state index in [-0.39, 0.29) is 0 Å². The second kappa shape index (κ2) is 6.22. The van der Waals surface area contributed by atoms with Gasteiger partial charge in [0.15, 0.2) is 0 Å². The van der Waals surface area contributed by atoms with Crippen molar-refractivity contribution in [3.8, 4) is 0 Å². The SMILES string of the molecule is CCC(C)CCC(C)(C)N1CC(C(C)CC)C1. The van der Waals surface area contributed by atoms with E-state index in [1.165, 1.54) is 38.8 Å². The maximum absolute atomic E-state index is 2.70. The molecule has 2 atom stereocenters. The van der Waals surface area contributed by atoms with Gasteiger partial charge in [-0.25, -0.2) is 0 Å². The van der Waals surface area contributed by atoms with Gasteiger partial charge in [0.25, 0.3) is 0 Å². The van der Waals surface area contributed by atoms with E-state index in [1.54, 1.807) is 0 Å². The van der Waals surface area contributed by atoms with Crippen molar-refractivity contribution >= 4 is 0 Å². The molecule has 1 aliphatic rings. The fourth-order valence-corrected chi connectivity index (χ4v) is 2.66. The minimum atomic E-state index is 0.424. The topological polar surface area (TPSA) is 3.24 Å². The Balaban J connectivity index is 2.31. The van der Waals surface area contributed by atoms with E-state index in [1.807, 2.05) is 0 Å². The summed E-state index contributed by atoms with van der Waals surface area (Å²) in [5.41, 5.74) is 0.424. The maximum atomic E-state index is 2.70. The summed E-state index contributed by atoms with van der Waals surface area (Å²) >= 11 is 0. The third-order valence-electron chi connectivity index (χ3n) is 5.16. The van der Waals surface area contributed by atoms with E-state index in [0.29, 0.717) is 5.54 Å². The first-order valence-electron chi connectivity index (χ1n) is 7.65. The van der Waals surface area contributed by atoms with Gasteiger partial charge in [-0.1, -0.05) is 40.5 Å². The summed E-state index contributed by atoms with van der Waals surface area (Å²) in [6.45, 7) is 17.0. The fourth-order valence-electron chi connectivity index (χ4n) is 2.66. The molecule has 0 saturated carbocycles. The first-order chi connectivity index (χ1) is 7.90. The molecule has 1 nitrogen and oxygen atoms in total. The van der Waals surface area contributed by atoms with E-state index in [4.69, 9.17) is 0 Å². The highest BCUT2D eigenvalue weighted by atomic mass is 15.2. The molecular formula is C16H33N. The highest BCUT2D eigenvalue weighted by molar-refractivity contribution is 4.92. The largest absolute Gasteiger partial charge is 0.298 e. The van der Waals surface area contributed by atoms with Crippen molar-refractivity contribution in [1.82, 2.24) is 4.90 Å². The lowest BCUT2D eigenvalue weighted by Crippen LogP contribution is -2.58. The van der Waals surface area contributed by atoms with Crippen LogP contribution in [-0.2, 0) is 0 Å². The second-order valence-electron chi connectivity index (χ2n) is 6.92. The predicted molar refractivity (Wildman–Crippen MR) is 77.3 cm³/mol. The molecular weight excluding hydrogens is 206 g/mol. The summed E-state index contributed by atoms with van der Waals surface area (Å²) in [6, 6.07) is 0. The predicted octanol–water partition coefficient (Wildman–Crippen LogP) is 4.57. The van der Waals surface area contributed by atoms with Gasteiger partial charge in [0.1, 0.15) is 0 Å². The third-order valence-corrected chi connectivity index (χ3v) is 5.16. The van der Waals surface area contributed by atoms with Crippen molar-refractivity contribution in [1.29, 1.82) is 0 Å². The van der Waals surface area contributed by atoms with Crippen LogP contribution in [0.4, 0.5) is 0 Å². The van der Waals surface area contributed by atoms with Gasteiger partial charge in [-0.3, -0.25) is 4.90 Å². The van der Waals surface area contributed by atoms with Crippen LogP contribution in [0, 0.1) is 17.8 Å². The van der Waals surface area contributed by atoms with Crippen molar-refractivity contribution in [2.24, 2.45) is 17.8 Å². The lowest BCUT2D eigenvalue weighted by Gasteiger charge is -2.51. The molecule has 0 bridgehead atoms. The van der Waals surface area contributed by atoms with Gasteiger partial charge in [0.05, 0.1) is 0 Å². The zero-order valence-electron chi connectivity index (χ0n) is 12.9. The monoisotopic (exact) mass is 239 g/mol. The Morgan fingerprint density at radius 1 is 1.12 bits per heavy atom. The van der Waals surface area contributed by atoms with Crippen LogP contribution < -0.4 is 0 Å². The highest BCUT2D eigenvalue weighted by Gasteiger charge is 2.38. The average molecular weight is 239 g/mol. The molecule has 1 rings (SSSR count). The number of rotatable bonds is 7. The Bertz CT molecular complexity index is 216. The molecule has 1 heteroatoms. The van der Waals surface area contributed by atoms with E-state index in [9.17, 15) is 0 Å². The fraction of sp³-hybridized carbons (Fsp3) is 1.00. The zero-order valence-corrected chi connectivity index (χ0v) is 12.9. The summed E-state index contributed by atoms with van der Waals surface area (Å²) in [5.74, 6) is 2.76. The quantitative estimate of drug-likeness (QED) is 0.629. The van der Waals surface area contributed by atoms with E-state index < -0.39 is 0 Å².